The van der Waals surface area contributed by atoms with Crippen LogP contribution in [0.3, 0.4) is 0 Å². The summed E-state index contributed by atoms with van der Waals surface area (Å²) in [5.41, 5.74) is 7.36. The van der Waals surface area contributed by atoms with Gasteiger partial charge in [-0.05, 0) is 18.6 Å². The van der Waals surface area contributed by atoms with Gasteiger partial charge in [-0.25, -0.2) is 4.98 Å². The van der Waals surface area contributed by atoms with Crippen molar-refractivity contribution in [2.24, 2.45) is 5.73 Å². The van der Waals surface area contributed by atoms with Crippen molar-refractivity contribution in [1.29, 1.82) is 0 Å². The minimum atomic E-state index is 0.117. The lowest BCUT2D eigenvalue weighted by Gasteiger charge is -2.26. The summed E-state index contributed by atoms with van der Waals surface area (Å²) in [5.74, 6) is 0.796. The molecule has 1 aromatic carbocycles. The van der Waals surface area contributed by atoms with Crippen molar-refractivity contribution < 1.29 is 0 Å². The fourth-order valence-electron chi connectivity index (χ4n) is 1.86. The highest BCUT2D eigenvalue weighted by molar-refractivity contribution is 6.31. The predicted molar refractivity (Wildman–Crippen MR) is 78.2 cm³/mol. The van der Waals surface area contributed by atoms with Crippen LogP contribution in [0.4, 0.5) is 5.82 Å². The van der Waals surface area contributed by atoms with Gasteiger partial charge in [-0.15, -0.1) is 0 Å². The third kappa shape index (κ3) is 3.03. The monoisotopic (exact) mass is 276 g/mol. The number of nitrogens with zero attached hydrogens (tertiary/aromatic N) is 3. The van der Waals surface area contributed by atoms with Gasteiger partial charge < -0.3 is 10.6 Å². The van der Waals surface area contributed by atoms with Crippen LogP contribution in [0.5, 0.6) is 0 Å². The van der Waals surface area contributed by atoms with E-state index in [-0.39, 0.29) is 6.04 Å². The Morgan fingerprint density at radius 3 is 2.58 bits per heavy atom. The Morgan fingerprint density at radius 2 is 2.00 bits per heavy atom. The summed E-state index contributed by atoms with van der Waals surface area (Å²) in [6, 6.07) is 7.94. The lowest BCUT2D eigenvalue weighted by Crippen LogP contribution is -2.23. The molecule has 1 heterocycles. The van der Waals surface area contributed by atoms with Gasteiger partial charge in [-0.1, -0.05) is 29.8 Å². The molecule has 4 nitrogen and oxygen atoms in total. The third-order valence-electron chi connectivity index (χ3n) is 3.20. The molecule has 0 spiro atoms. The molecule has 0 saturated heterocycles. The van der Waals surface area contributed by atoms with Crippen molar-refractivity contribution in [3.8, 4) is 0 Å². The maximum atomic E-state index is 6.22. The molecule has 5 heteroatoms. The summed E-state index contributed by atoms with van der Waals surface area (Å²) in [6.07, 6.45) is 3.43. The molecule has 2 aromatic rings. The third-order valence-corrected chi connectivity index (χ3v) is 3.54. The molecule has 2 rings (SSSR count). The van der Waals surface area contributed by atoms with E-state index in [0.717, 1.165) is 22.1 Å². The number of nitrogens with two attached hydrogens (primary N) is 1. The maximum Gasteiger partial charge on any atom is 0.147 e. The van der Waals surface area contributed by atoms with E-state index in [4.69, 9.17) is 17.3 Å². The molecule has 0 bridgehead atoms. The Balaban J connectivity index is 2.23. The van der Waals surface area contributed by atoms with Crippen molar-refractivity contribution in [3.05, 3.63) is 52.9 Å². The fourth-order valence-corrected chi connectivity index (χ4v) is 2.15. The van der Waals surface area contributed by atoms with E-state index in [1.54, 1.807) is 12.4 Å². The molecule has 1 unspecified atom stereocenters. The van der Waals surface area contributed by atoms with Crippen molar-refractivity contribution in [2.75, 3.05) is 11.9 Å². The molecule has 0 aliphatic rings. The first-order valence-electron chi connectivity index (χ1n) is 6.11. The Morgan fingerprint density at radius 1 is 1.26 bits per heavy atom. The zero-order chi connectivity index (χ0) is 13.8. The first kappa shape index (κ1) is 13.8. The zero-order valence-electron chi connectivity index (χ0n) is 11.0. The van der Waals surface area contributed by atoms with E-state index in [1.807, 2.05) is 36.2 Å². The number of halogens is 1. The fraction of sp³-hybridized carbons (Fsp3) is 0.286. The highest BCUT2D eigenvalue weighted by Gasteiger charge is 2.15. The Hall–Kier alpha value is -1.65. The summed E-state index contributed by atoms with van der Waals surface area (Å²) in [5, 5.41) is 0.758. The van der Waals surface area contributed by atoms with Crippen LogP contribution in [-0.2, 0) is 6.54 Å². The molecule has 19 heavy (non-hydrogen) atoms. The van der Waals surface area contributed by atoms with Crippen LogP contribution in [0.2, 0.25) is 5.02 Å². The molecule has 100 valence electrons. The number of rotatable bonds is 4. The quantitative estimate of drug-likeness (QED) is 0.933. The molecular formula is C14H17ClN4. The van der Waals surface area contributed by atoms with Crippen LogP contribution in [0, 0.1) is 0 Å². The SMILES string of the molecule is CC(c1ccccc1Cl)N(C)c1cnc(CN)cn1. The van der Waals surface area contributed by atoms with E-state index in [9.17, 15) is 0 Å². The minimum absolute atomic E-state index is 0.117. The molecule has 0 saturated carbocycles. The lowest BCUT2D eigenvalue weighted by atomic mass is 10.1. The molecule has 0 aliphatic heterocycles. The van der Waals surface area contributed by atoms with E-state index < -0.39 is 0 Å². The van der Waals surface area contributed by atoms with Gasteiger partial charge in [-0.2, -0.15) is 0 Å². The average Bonchev–Trinajstić information content (AvgIpc) is 2.46. The van der Waals surface area contributed by atoms with Gasteiger partial charge in [0.25, 0.3) is 0 Å². The standard InChI is InChI=1S/C14H17ClN4/c1-10(12-5-3-4-6-13(12)15)19(2)14-9-17-11(7-16)8-18-14/h3-6,8-10H,7,16H2,1-2H3. The molecule has 0 radical (unpaired) electrons. The van der Waals surface area contributed by atoms with E-state index in [2.05, 4.69) is 16.9 Å². The summed E-state index contributed by atoms with van der Waals surface area (Å²) < 4.78 is 0. The van der Waals surface area contributed by atoms with Gasteiger partial charge >= 0.3 is 0 Å². The number of hydrogen-bond donors (Lipinski definition) is 1. The smallest absolute Gasteiger partial charge is 0.147 e. The highest BCUT2D eigenvalue weighted by atomic mass is 35.5. The minimum Gasteiger partial charge on any atom is -0.352 e. The molecule has 0 fully saturated rings. The first-order valence-corrected chi connectivity index (χ1v) is 6.49. The van der Waals surface area contributed by atoms with E-state index in [0.29, 0.717) is 6.54 Å². The first-order chi connectivity index (χ1) is 9.13. The lowest BCUT2D eigenvalue weighted by molar-refractivity contribution is 0.724. The van der Waals surface area contributed by atoms with E-state index in [1.165, 1.54) is 0 Å². The van der Waals surface area contributed by atoms with E-state index >= 15 is 0 Å². The van der Waals surface area contributed by atoms with Crippen LogP contribution >= 0.6 is 11.6 Å². The summed E-state index contributed by atoms with van der Waals surface area (Å²) in [7, 11) is 1.97. The molecule has 0 amide bonds. The van der Waals surface area contributed by atoms with Gasteiger partial charge in [0.05, 0.1) is 24.1 Å². The van der Waals surface area contributed by atoms with Crippen LogP contribution < -0.4 is 10.6 Å². The normalized spacial score (nSPS) is 12.2. The number of hydrogen-bond acceptors (Lipinski definition) is 4. The summed E-state index contributed by atoms with van der Waals surface area (Å²) in [4.78, 5) is 10.7. The zero-order valence-corrected chi connectivity index (χ0v) is 11.8. The Kier molecular flexibility index (Phi) is 4.35. The Bertz CT molecular complexity index is 541. The predicted octanol–water partition coefficient (Wildman–Crippen LogP) is 2.79. The second kappa shape index (κ2) is 5.99. The summed E-state index contributed by atoms with van der Waals surface area (Å²) >= 11 is 6.22. The van der Waals surface area contributed by atoms with Crippen LogP contribution in [0.25, 0.3) is 0 Å². The van der Waals surface area contributed by atoms with Crippen LogP contribution in [0.15, 0.2) is 36.7 Å². The molecule has 2 N–H and O–H groups in total. The second-order valence-corrected chi connectivity index (χ2v) is 4.79. The topological polar surface area (TPSA) is 55.0 Å². The second-order valence-electron chi connectivity index (χ2n) is 4.38. The number of aromatic nitrogens is 2. The van der Waals surface area contributed by atoms with Gasteiger partial charge in [-0.3, -0.25) is 4.98 Å². The molecule has 1 atom stereocenters. The van der Waals surface area contributed by atoms with Gasteiger partial charge in [0.2, 0.25) is 0 Å². The largest absolute Gasteiger partial charge is 0.352 e. The number of anilines is 1. The Labute approximate surface area is 118 Å². The van der Waals surface area contributed by atoms with Crippen molar-refractivity contribution in [2.45, 2.75) is 19.5 Å². The average molecular weight is 277 g/mol. The molecule has 0 aliphatic carbocycles. The molecular weight excluding hydrogens is 260 g/mol. The van der Waals surface area contributed by atoms with Gasteiger partial charge in [0, 0.05) is 18.6 Å². The number of benzene rings is 1. The summed E-state index contributed by atoms with van der Waals surface area (Å²) in [6.45, 7) is 2.48. The maximum absolute atomic E-state index is 6.22. The molecule has 1 aromatic heterocycles. The van der Waals surface area contributed by atoms with Gasteiger partial charge in [0.1, 0.15) is 5.82 Å². The van der Waals surface area contributed by atoms with Crippen molar-refractivity contribution >= 4 is 17.4 Å². The van der Waals surface area contributed by atoms with Crippen LogP contribution in [0.1, 0.15) is 24.2 Å². The van der Waals surface area contributed by atoms with Crippen molar-refractivity contribution in [3.63, 3.8) is 0 Å². The highest BCUT2D eigenvalue weighted by Crippen LogP contribution is 2.28. The van der Waals surface area contributed by atoms with Crippen molar-refractivity contribution in [1.82, 2.24) is 9.97 Å². The van der Waals surface area contributed by atoms with Crippen LogP contribution in [-0.4, -0.2) is 17.0 Å². The van der Waals surface area contributed by atoms with Gasteiger partial charge in [0.15, 0.2) is 0 Å².